The molecule has 0 atom stereocenters. The summed E-state index contributed by atoms with van der Waals surface area (Å²) in [4.78, 5) is 0. The van der Waals surface area contributed by atoms with Crippen molar-refractivity contribution in [2.24, 2.45) is 0 Å². The van der Waals surface area contributed by atoms with Crippen molar-refractivity contribution >= 4 is 11.6 Å². The Kier molecular flexibility index (Phi) is 3.63. The molecular weight excluding hydrogens is 187 g/mol. The molecule has 0 aliphatic rings. The second kappa shape index (κ2) is 3.79. The van der Waals surface area contributed by atoms with Crippen LogP contribution in [0.4, 0.5) is 17.6 Å². The third-order valence-corrected chi connectivity index (χ3v) is 1.01. The maximum absolute atomic E-state index is 11.6. The smallest absolute Gasteiger partial charge is 0.283 e. The number of rotatable bonds is 2. The highest BCUT2D eigenvalue weighted by Crippen LogP contribution is 2.22. The van der Waals surface area contributed by atoms with Crippen LogP contribution in [-0.4, -0.2) is 23.6 Å². The summed E-state index contributed by atoms with van der Waals surface area (Å²) in [5.41, 5.74) is -3.61. The van der Waals surface area contributed by atoms with Crippen LogP contribution in [-0.2, 0) is 0 Å². The zero-order valence-corrected chi connectivity index (χ0v) is 5.75. The van der Waals surface area contributed by atoms with E-state index in [0.717, 1.165) is 5.92 Å². The van der Waals surface area contributed by atoms with E-state index in [1.807, 2.05) is 0 Å². The van der Waals surface area contributed by atoms with E-state index in [1.165, 1.54) is 5.38 Å². The molecule has 0 fully saturated rings. The quantitative estimate of drug-likeness (QED) is 0.516. The van der Waals surface area contributed by atoms with Crippen molar-refractivity contribution in [1.82, 2.24) is 0 Å². The van der Waals surface area contributed by atoms with Gasteiger partial charge in [0.2, 0.25) is 5.60 Å². The number of aliphatic hydroxyl groups is 1. The van der Waals surface area contributed by atoms with Crippen molar-refractivity contribution in [3.63, 3.8) is 0 Å². The van der Waals surface area contributed by atoms with E-state index >= 15 is 0 Å². The van der Waals surface area contributed by atoms with Crippen molar-refractivity contribution in [2.75, 3.05) is 0 Å². The molecule has 0 amide bonds. The van der Waals surface area contributed by atoms with Crippen LogP contribution in [0.1, 0.15) is 0 Å². The first-order valence-electron chi connectivity index (χ1n) is 2.36. The van der Waals surface area contributed by atoms with Crippen LogP contribution in [0.15, 0.2) is 0 Å². The number of halogens is 5. The largest absolute Gasteiger partial charge is 0.368 e. The van der Waals surface area contributed by atoms with Crippen LogP contribution in [0, 0.1) is 11.3 Å². The van der Waals surface area contributed by atoms with Gasteiger partial charge in [0.05, 0.1) is 0 Å². The Bertz CT molecular complexity index is 175. The summed E-state index contributed by atoms with van der Waals surface area (Å²) in [6.45, 7) is 0. The molecule has 0 spiro atoms. The second-order valence-corrected chi connectivity index (χ2v) is 1.84. The standard InChI is InChI=1S/C5H3ClF4O/c6-2-1-5(11,3(7)8)4(9)10/h3-4,11H. The van der Waals surface area contributed by atoms with E-state index in [4.69, 9.17) is 5.11 Å². The van der Waals surface area contributed by atoms with Crippen LogP contribution < -0.4 is 0 Å². The van der Waals surface area contributed by atoms with Crippen molar-refractivity contribution in [2.45, 2.75) is 18.5 Å². The third-order valence-electron chi connectivity index (χ3n) is 0.913. The van der Waals surface area contributed by atoms with E-state index in [1.54, 1.807) is 0 Å². The number of hydrogen-bond donors (Lipinski definition) is 1. The van der Waals surface area contributed by atoms with Crippen LogP contribution in [0.3, 0.4) is 0 Å². The van der Waals surface area contributed by atoms with E-state index in [0.29, 0.717) is 0 Å². The first-order chi connectivity index (χ1) is 4.95. The summed E-state index contributed by atoms with van der Waals surface area (Å²) >= 11 is 4.59. The van der Waals surface area contributed by atoms with Gasteiger partial charge in [-0.3, -0.25) is 0 Å². The van der Waals surface area contributed by atoms with Crippen LogP contribution in [0.2, 0.25) is 0 Å². The molecule has 0 aromatic rings. The van der Waals surface area contributed by atoms with E-state index in [9.17, 15) is 17.6 Å². The molecule has 0 saturated carbocycles. The Labute approximate surface area is 65.0 Å². The molecule has 1 N–H and O–H groups in total. The van der Waals surface area contributed by atoms with Gasteiger partial charge >= 0.3 is 0 Å². The molecule has 0 aliphatic heterocycles. The summed E-state index contributed by atoms with van der Waals surface area (Å²) in [6.07, 6.45) is -7.29. The summed E-state index contributed by atoms with van der Waals surface area (Å²) in [5, 5.41) is 9.69. The lowest BCUT2D eigenvalue weighted by molar-refractivity contribution is -0.138. The van der Waals surface area contributed by atoms with Crippen LogP contribution in [0.5, 0.6) is 0 Å². The maximum atomic E-state index is 11.6. The van der Waals surface area contributed by atoms with Crippen LogP contribution >= 0.6 is 11.6 Å². The van der Waals surface area contributed by atoms with Gasteiger partial charge in [-0.1, -0.05) is 0 Å². The minimum absolute atomic E-state index is 1.13. The van der Waals surface area contributed by atoms with Crippen molar-refractivity contribution in [1.29, 1.82) is 0 Å². The molecule has 0 aromatic heterocycles. The van der Waals surface area contributed by atoms with Crippen LogP contribution in [0.25, 0.3) is 0 Å². The Balaban J connectivity index is 4.62. The summed E-state index contributed by atoms with van der Waals surface area (Å²) in [5.74, 6) is 1.13. The predicted octanol–water partition coefficient (Wildman–Crippen LogP) is 1.45. The molecule has 0 saturated heterocycles. The Morgan fingerprint density at radius 2 is 1.55 bits per heavy atom. The molecule has 6 heteroatoms. The minimum Gasteiger partial charge on any atom is -0.368 e. The van der Waals surface area contributed by atoms with Gasteiger partial charge in [0, 0.05) is 5.38 Å². The highest BCUT2D eigenvalue weighted by molar-refractivity contribution is 6.30. The molecule has 0 aliphatic carbocycles. The van der Waals surface area contributed by atoms with Gasteiger partial charge in [0.15, 0.2) is 0 Å². The van der Waals surface area contributed by atoms with Gasteiger partial charge in [-0.2, -0.15) is 0 Å². The zero-order chi connectivity index (χ0) is 9.07. The molecule has 0 rings (SSSR count). The molecule has 0 bridgehead atoms. The number of hydrogen-bond acceptors (Lipinski definition) is 1. The Hall–Kier alpha value is -0.470. The first-order valence-corrected chi connectivity index (χ1v) is 2.74. The third kappa shape index (κ3) is 2.24. The molecule has 64 valence electrons. The van der Waals surface area contributed by atoms with Gasteiger partial charge < -0.3 is 5.11 Å². The average Bonchev–Trinajstić information content (AvgIpc) is 1.87. The number of alkyl halides is 4. The van der Waals surface area contributed by atoms with Gasteiger partial charge in [-0.15, -0.1) is 0 Å². The molecule has 0 heterocycles. The Morgan fingerprint density at radius 1 is 1.18 bits per heavy atom. The monoisotopic (exact) mass is 190 g/mol. The zero-order valence-electron chi connectivity index (χ0n) is 4.99. The Morgan fingerprint density at radius 3 is 1.64 bits per heavy atom. The molecular formula is C5H3ClF4O. The van der Waals surface area contributed by atoms with E-state index in [-0.39, 0.29) is 0 Å². The van der Waals surface area contributed by atoms with E-state index in [2.05, 4.69) is 11.6 Å². The summed E-state index contributed by atoms with van der Waals surface area (Å²) < 4.78 is 46.5. The second-order valence-electron chi connectivity index (χ2n) is 1.65. The van der Waals surface area contributed by atoms with Gasteiger partial charge in [-0.05, 0) is 17.5 Å². The van der Waals surface area contributed by atoms with Crippen molar-refractivity contribution in [3.8, 4) is 11.3 Å². The molecule has 11 heavy (non-hydrogen) atoms. The highest BCUT2D eigenvalue weighted by atomic mass is 35.5. The fourth-order valence-corrected chi connectivity index (χ4v) is 0.431. The lowest BCUT2D eigenvalue weighted by Crippen LogP contribution is -2.43. The molecule has 0 aromatic carbocycles. The van der Waals surface area contributed by atoms with Gasteiger partial charge in [-0.25, -0.2) is 17.6 Å². The molecule has 0 radical (unpaired) electrons. The predicted molar refractivity (Wildman–Crippen MR) is 30.6 cm³/mol. The van der Waals surface area contributed by atoms with Crippen molar-refractivity contribution < 1.29 is 22.7 Å². The van der Waals surface area contributed by atoms with Crippen molar-refractivity contribution in [3.05, 3.63) is 0 Å². The normalized spacial score (nSPS) is 11.6. The maximum Gasteiger partial charge on any atom is 0.283 e. The SMILES string of the molecule is OC(C#CCl)(C(F)F)C(F)F. The fourth-order valence-electron chi connectivity index (χ4n) is 0.280. The molecule has 0 unspecified atom stereocenters. The minimum atomic E-state index is -3.64. The fraction of sp³-hybridized carbons (Fsp3) is 0.600. The van der Waals surface area contributed by atoms with Gasteiger partial charge in [0.1, 0.15) is 0 Å². The lowest BCUT2D eigenvalue weighted by atomic mass is 10.1. The van der Waals surface area contributed by atoms with Gasteiger partial charge in [0.25, 0.3) is 12.9 Å². The van der Waals surface area contributed by atoms with E-state index < -0.39 is 18.5 Å². The molecule has 1 nitrogen and oxygen atoms in total. The topological polar surface area (TPSA) is 20.2 Å². The summed E-state index contributed by atoms with van der Waals surface area (Å²) in [6, 6.07) is 0. The first kappa shape index (κ1) is 10.5. The highest BCUT2D eigenvalue weighted by Gasteiger charge is 2.45. The average molecular weight is 191 g/mol. The lowest BCUT2D eigenvalue weighted by Gasteiger charge is -2.18. The summed E-state index contributed by atoms with van der Waals surface area (Å²) in [7, 11) is 0.